The van der Waals surface area contributed by atoms with E-state index in [0.717, 1.165) is 0 Å². The zero-order valence-corrected chi connectivity index (χ0v) is 22.7. The Balaban J connectivity index is 1.73. The summed E-state index contributed by atoms with van der Waals surface area (Å²) in [6, 6.07) is 6.50. The fourth-order valence-electron chi connectivity index (χ4n) is 3.11. The fourth-order valence-corrected chi connectivity index (χ4v) is 3.22. The van der Waals surface area contributed by atoms with E-state index in [-0.39, 0.29) is 30.4 Å². The maximum atomic E-state index is 14.7. The van der Waals surface area contributed by atoms with Crippen molar-refractivity contribution in [2.45, 2.75) is 71.8 Å². The molecule has 0 saturated carbocycles. The molecule has 0 aliphatic heterocycles. The van der Waals surface area contributed by atoms with Gasteiger partial charge in [0.2, 0.25) is 11.7 Å². The topological polar surface area (TPSA) is 130 Å². The molecule has 0 spiro atoms. The number of tetrazole rings is 1. The van der Waals surface area contributed by atoms with Gasteiger partial charge in [-0.2, -0.15) is 4.80 Å². The molecule has 2 aromatic heterocycles. The van der Waals surface area contributed by atoms with Crippen molar-refractivity contribution >= 4 is 23.7 Å². The van der Waals surface area contributed by atoms with Gasteiger partial charge in [0.1, 0.15) is 11.2 Å². The molecule has 3 rings (SSSR count). The first-order valence-corrected chi connectivity index (χ1v) is 12.1. The highest BCUT2D eigenvalue weighted by Crippen LogP contribution is 2.27. The number of ether oxygens (including phenoxy) is 3. The summed E-state index contributed by atoms with van der Waals surface area (Å²) in [5.74, 6) is -0.918. The van der Waals surface area contributed by atoms with Gasteiger partial charge in [0, 0.05) is 17.8 Å². The molecule has 0 fully saturated rings. The normalized spacial score (nSPS) is 12.5. The van der Waals surface area contributed by atoms with Crippen molar-refractivity contribution in [2.75, 3.05) is 0 Å². The van der Waals surface area contributed by atoms with Gasteiger partial charge in [0.25, 0.3) is 0 Å². The van der Waals surface area contributed by atoms with Crippen LogP contribution in [-0.2, 0) is 20.8 Å². The van der Waals surface area contributed by atoms with Gasteiger partial charge in [-0.05, 0) is 71.0 Å². The summed E-state index contributed by atoms with van der Waals surface area (Å²) in [4.78, 5) is 30.0. The highest BCUT2D eigenvalue weighted by molar-refractivity contribution is 6.30. The first-order chi connectivity index (χ1) is 17.7. The fraction of sp³-hybridized carbons (Fsp3) is 0.440. The molecule has 204 valence electrons. The average Bonchev–Trinajstić information content (AvgIpc) is 3.22. The average molecular weight is 549 g/mol. The molecular formula is C25H30ClFN6O5. The number of esters is 1. The van der Waals surface area contributed by atoms with Crippen LogP contribution in [-0.4, -0.2) is 54.5 Å². The zero-order chi connectivity index (χ0) is 28.1. The number of alkyl carbamates (subject to hydrolysis) is 1. The number of aromatic nitrogens is 5. The van der Waals surface area contributed by atoms with Gasteiger partial charge >= 0.3 is 12.1 Å². The molecule has 0 radical (unpaired) electrons. The van der Waals surface area contributed by atoms with Gasteiger partial charge < -0.3 is 19.5 Å². The molecule has 1 amide bonds. The summed E-state index contributed by atoms with van der Waals surface area (Å²) in [5.41, 5.74) is -1.09. The van der Waals surface area contributed by atoms with Crippen LogP contribution in [0, 0.1) is 5.82 Å². The quantitative estimate of drug-likeness (QED) is 0.388. The molecule has 0 unspecified atom stereocenters. The van der Waals surface area contributed by atoms with E-state index in [1.807, 2.05) is 0 Å². The first kappa shape index (κ1) is 28.8. The van der Waals surface area contributed by atoms with Crippen LogP contribution in [0.1, 0.15) is 48.0 Å². The lowest BCUT2D eigenvalue weighted by atomic mass is 10.1. The van der Waals surface area contributed by atoms with Crippen molar-refractivity contribution in [3.05, 3.63) is 47.4 Å². The summed E-state index contributed by atoms with van der Waals surface area (Å²) in [6.45, 7) is 10.4. The molecule has 0 bridgehead atoms. The summed E-state index contributed by atoms with van der Waals surface area (Å²) >= 11 is 5.80. The third kappa shape index (κ3) is 9.25. The number of carbonyl (C=O) groups excluding carboxylic acids is 2. The van der Waals surface area contributed by atoms with Crippen molar-refractivity contribution in [2.24, 2.45) is 0 Å². The second-order valence-electron chi connectivity index (χ2n) is 10.4. The van der Waals surface area contributed by atoms with Crippen LogP contribution < -0.4 is 10.1 Å². The minimum atomic E-state index is -0.763. The highest BCUT2D eigenvalue weighted by atomic mass is 35.5. The highest BCUT2D eigenvalue weighted by Gasteiger charge is 2.25. The zero-order valence-electron chi connectivity index (χ0n) is 22.0. The lowest BCUT2D eigenvalue weighted by molar-refractivity contribution is -0.155. The maximum Gasteiger partial charge on any atom is 0.407 e. The Hall–Kier alpha value is -3.80. The third-order valence-electron chi connectivity index (χ3n) is 4.50. The summed E-state index contributed by atoms with van der Waals surface area (Å²) in [7, 11) is 0. The summed E-state index contributed by atoms with van der Waals surface area (Å²) < 4.78 is 30.8. The molecule has 2 heterocycles. The lowest BCUT2D eigenvalue weighted by Gasteiger charge is -2.24. The number of nitrogens with zero attached hydrogens (tertiary/aromatic N) is 5. The van der Waals surface area contributed by atoms with E-state index in [0.29, 0.717) is 10.6 Å². The molecule has 0 aliphatic rings. The number of carbonyl (C=O) groups is 2. The molecule has 1 atom stereocenters. The van der Waals surface area contributed by atoms with E-state index >= 15 is 0 Å². The molecule has 1 N–H and O–H groups in total. The molecule has 0 saturated heterocycles. The van der Waals surface area contributed by atoms with Crippen molar-refractivity contribution in [3.63, 3.8) is 0 Å². The molecule has 11 nitrogen and oxygen atoms in total. The van der Waals surface area contributed by atoms with Crippen molar-refractivity contribution < 1.29 is 28.2 Å². The molecule has 38 heavy (non-hydrogen) atoms. The van der Waals surface area contributed by atoms with E-state index in [2.05, 4.69) is 25.7 Å². The van der Waals surface area contributed by atoms with Crippen LogP contribution in [0.5, 0.6) is 11.6 Å². The van der Waals surface area contributed by atoms with E-state index < -0.39 is 35.1 Å². The monoisotopic (exact) mass is 548 g/mol. The van der Waals surface area contributed by atoms with Crippen LogP contribution >= 0.6 is 11.6 Å². The first-order valence-electron chi connectivity index (χ1n) is 11.8. The Bertz CT molecular complexity index is 1240. The Labute approximate surface area is 224 Å². The third-order valence-corrected chi connectivity index (χ3v) is 4.72. The van der Waals surface area contributed by atoms with E-state index in [4.69, 9.17) is 25.8 Å². The van der Waals surface area contributed by atoms with Crippen LogP contribution in [0.2, 0.25) is 5.02 Å². The van der Waals surface area contributed by atoms with Crippen molar-refractivity contribution in [1.29, 1.82) is 0 Å². The standard InChI is InChI=1S/C25H30ClFN6O5/c1-24(2,3)37-21(34)12-17(29-23(35)38-25(4,5)6)14-33-31-22(30-32-33)15-7-9-19(18(27)11-15)36-20-10-8-16(26)13-28-20/h7-11,13,17H,12,14H2,1-6H3,(H,29,35)/t17-/m0/s1. The Morgan fingerprint density at radius 1 is 1.08 bits per heavy atom. The van der Waals surface area contributed by atoms with Crippen molar-refractivity contribution in [3.8, 4) is 23.0 Å². The molecule has 13 heteroatoms. The Morgan fingerprint density at radius 3 is 2.39 bits per heavy atom. The summed E-state index contributed by atoms with van der Waals surface area (Å²) in [5, 5.41) is 15.3. The molecule has 3 aromatic rings. The predicted octanol–water partition coefficient (Wildman–Crippen LogP) is 4.95. The van der Waals surface area contributed by atoms with Gasteiger partial charge in [0.05, 0.1) is 24.0 Å². The second kappa shape index (κ2) is 11.7. The largest absolute Gasteiger partial charge is 0.460 e. The Kier molecular flexibility index (Phi) is 8.87. The van der Waals surface area contributed by atoms with Gasteiger partial charge in [-0.1, -0.05) is 11.6 Å². The number of rotatable bonds is 8. The van der Waals surface area contributed by atoms with Crippen LogP contribution in [0.3, 0.4) is 0 Å². The maximum absolute atomic E-state index is 14.7. The molecule has 0 aliphatic carbocycles. The predicted molar refractivity (Wildman–Crippen MR) is 136 cm³/mol. The summed E-state index contributed by atoms with van der Waals surface area (Å²) in [6.07, 6.45) is 0.519. The van der Waals surface area contributed by atoms with Gasteiger partial charge in [-0.15, -0.1) is 10.2 Å². The van der Waals surface area contributed by atoms with Crippen LogP contribution in [0.4, 0.5) is 9.18 Å². The van der Waals surface area contributed by atoms with Crippen LogP contribution in [0.15, 0.2) is 36.5 Å². The van der Waals surface area contributed by atoms with Crippen molar-refractivity contribution in [1.82, 2.24) is 30.5 Å². The number of halogens is 2. The number of hydrogen-bond acceptors (Lipinski definition) is 9. The van der Waals surface area contributed by atoms with E-state index in [1.165, 1.54) is 29.2 Å². The van der Waals surface area contributed by atoms with E-state index in [1.54, 1.807) is 53.7 Å². The minimum Gasteiger partial charge on any atom is -0.460 e. The smallest absolute Gasteiger partial charge is 0.407 e. The van der Waals surface area contributed by atoms with Gasteiger partial charge in [-0.3, -0.25) is 4.79 Å². The van der Waals surface area contributed by atoms with Gasteiger partial charge in [0.15, 0.2) is 11.6 Å². The lowest BCUT2D eigenvalue weighted by Crippen LogP contribution is -2.43. The molecule has 1 aromatic carbocycles. The molecular weight excluding hydrogens is 519 g/mol. The number of pyridine rings is 1. The SMILES string of the molecule is CC(C)(C)OC(=O)C[C@@H](Cn1nnc(-c2ccc(Oc3ccc(Cl)cn3)c(F)c2)n1)NC(=O)OC(C)(C)C. The minimum absolute atomic E-state index is 0.0165. The number of nitrogens with one attached hydrogen (secondary N) is 1. The van der Waals surface area contributed by atoms with E-state index in [9.17, 15) is 14.0 Å². The second-order valence-corrected chi connectivity index (χ2v) is 10.8. The van der Waals surface area contributed by atoms with Gasteiger partial charge in [-0.25, -0.2) is 14.2 Å². The number of amides is 1. The van der Waals surface area contributed by atoms with Crippen LogP contribution in [0.25, 0.3) is 11.4 Å². The Morgan fingerprint density at radius 2 is 1.79 bits per heavy atom. The number of benzene rings is 1. The number of hydrogen-bond donors (Lipinski definition) is 1.